The summed E-state index contributed by atoms with van der Waals surface area (Å²) in [7, 11) is -0.559. The van der Waals surface area contributed by atoms with E-state index in [0.717, 1.165) is 5.46 Å². The SMILES string of the molecule is CCc1c(B2OC(C)(C)C(C)(C)O2)ccnc1C(=O)O. The topological polar surface area (TPSA) is 68.7 Å². The maximum absolute atomic E-state index is 11.3. The molecule has 1 aliphatic rings. The Kier molecular flexibility index (Phi) is 3.65. The predicted octanol–water partition coefficient (Wildman–Crippen LogP) is 1.64. The molecule has 5 nitrogen and oxygen atoms in total. The molecule has 1 saturated heterocycles. The lowest BCUT2D eigenvalue weighted by Gasteiger charge is -2.32. The molecule has 1 aromatic rings. The van der Waals surface area contributed by atoms with Crippen LogP contribution in [0.15, 0.2) is 12.3 Å². The van der Waals surface area contributed by atoms with E-state index >= 15 is 0 Å². The molecule has 0 aromatic carbocycles. The number of hydrogen-bond acceptors (Lipinski definition) is 4. The first-order chi connectivity index (χ1) is 9.19. The first-order valence-electron chi connectivity index (χ1n) is 6.76. The maximum atomic E-state index is 11.3. The standard InChI is InChI=1S/C14H20BNO4/c1-6-9-10(7-8-16-11(9)12(17)18)15-19-13(2,3)14(4,5)20-15/h7-8H,6H2,1-5H3,(H,17,18). The smallest absolute Gasteiger partial charge is 0.477 e. The van der Waals surface area contributed by atoms with Gasteiger partial charge in [-0.2, -0.15) is 0 Å². The zero-order valence-corrected chi connectivity index (χ0v) is 12.6. The first kappa shape index (κ1) is 15.0. The van der Waals surface area contributed by atoms with Crippen LogP contribution in [0.5, 0.6) is 0 Å². The van der Waals surface area contributed by atoms with Crippen molar-refractivity contribution in [2.24, 2.45) is 0 Å². The van der Waals surface area contributed by atoms with Crippen LogP contribution in [0.1, 0.15) is 50.7 Å². The van der Waals surface area contributed by atoms with E-state index in [-0.39, 0.29) is 5.69 Å². The van der Waals surface area contributed by atoms with Crippen molar-refractivity contribution >= 4 is 18.6 Å². The number of pyridine rings is 1. The highest BCUT2D eigenvalue weighted by molar-refractivity contribution is 6.62. The second-order valence-corrected chi connectivity index (χ2v) is 5.97. The number of hydrogen-bond donors (Lipinski definition) is 1. The van der Waals surface area contributed by atoms with E-state index in [1.165, 1.54) is 6.20 Å². The minimum Gasteiger partial charge on any atom is -0.477 e. The second-order valence-electron chi connectivity index (χ2n) is 5.97. The molecule has 0 spiro atoms. The Morgan fingerprint density at radius 1 is 1.30 bits per heavy atom. The molecule has 0 saturated carbocycles. The Labute approximate surface area is 119 Å². The molecule has 0 aliphatic carbocycles. The number of aromatic nitrogens is 1. The molecule has 1 aliphatic heterocycles. The fourth-order valence-corrected chi connectivity index (χ4v) is 2.25. The van der Waals surface area contributed by atoms with Gasteiger partial charge >= 0.3 is 13.1 Å². The lowest BCUT2D eigenvalue weighted by Crippen LogP contribution is -2.41. The van der Waals surface area contributed by atoms with E-state index < -0.39 is 24.3 Å². The Morgan fingerprint density at radius 3 is 2.30 bits per heavy atom. The molecule has 0 atom stereocenters. The summed E-state index contributed by atoms with van der Waals surface area (Å²) in [6, 6.07) is 1.77. The van der Waals surface area contributed by atoms with Crippen LogP contribution in [-0.4, -0.2) is 34.4 Å². The highest BCUT2D eigenvalue weighted by atomic mass is 16.7. The van der Waals surface area contributed by atoms with E-state index in [0.29, 0.717) is 12.0 Å². The molecular weight excluding hydrogens is 257 g/mol. The fraction of sp³-hybridized carbons (Fsp3) is 0.571. The number of carbonyl (C=O) groups is 1. The molecule has 2 heterocycles. The van der Waals surface area contributed by atoms with E-state index in [1.807, 2.05) is 34.6 Å². The number of nitrogens with zero attached hydrogens (tertiary/aromatic N) is 1. The third kappa shape index (κ3) is 2.34. The van der Waals surface area contributed by atoms with Gasteiger partial charge in [-0.25, -0.2) is 9.78 Å². The van der Waals surface area contributed by atoms with E-state index in [2.05, 4.69) is 4.98 Å². The number of aromatic carboxylic acids is 1. The van der Waals surface area contributed by atoms with Crippen molar-refractivity contribution in [1.29, 1.82) is 0 Å². The monoisotopic (exact) mass is 277 g/mol. The van der Waals surface area contributed by atoms with Gasteiger partial charge in [0.1, 0.15) is 0 Å². The Morgan fingerprint density at radius 2 is 1.85 bits per heavy atom. The van der Waals surface area contributed by atoms with Gasteiger partial charge < -0.3 is 14.4 Å². The molecule has 108 valence electrons. The normalized spacial score (nSPS) is 20.1. The molecule has 1 fully saturated rings. The first-order valence-corrected chi connectivity index (χ1v) is 6.76. The van der Waals surface area contributed by atoms with E-state index in [4.69, 9.17) is 9.31 Å². The predicted molar refractivity (Wildman–Crippen MR) is 76.3 cm³/mol. The van der Waals surface area contributed by atoms with Crippen LogP contribution in [0.2, 0.25) is 0 Å². The maximum Gasteiger partial charge on any atom is 0.495 e. The molecule has 1 N–H and O–H groups in total. The van der Waals surface area contributed by atoms with Gasteiger partial charge in [0.25, 0.3) is 0 Å². The summed E-state index contributed by atoms with van der Waals surface area (Å²) >= 11 is 0. The number of rotatable bonds is 3. The highest BCUT2D eigenvalue weighted by Gasteiger charge is 2.52. The fourth-order valence-electron chi connectivity index (χ4n) is 2.25. The average molecular weight is 277 g/mol. The lowest BCUT2D eigenvalue weighted by atomic mass is 9.75. The largest absolute Gasteiger partial charge is 0.495 e. The summed E-state index contributed by atoms with van der Waals surface area (Å²) in [4.78, 5) is 15.2. The summed E-state index contributed by atoms with van der Waals surface area (Å²) in [5.74, 6) is -1.03. The quantitative estimate of drug-likeness (QED) is 0.851. The molecule has 6 heteroatoms. The van der Waals surface area contributed by atoms with E-state index in [1.54, 1.807) is 6.07 Å². The summed E-state index contributed by atoms with van der Waals surface area (Å²) in [6.45, 7) is 9.78. The van der Waals surface area contributed by atoms with Gasteiger partial charge in [0.2, 0.25) is 0 Å². The third-order valence-electron chi connectivity index (χ3n) is 4.16. The highest BCUT2D eigenvalue weighted by Crippen LogP contribution is 2.36. The molecule has 0 unspecified atom stereocenters. The molecular formula is C14H20BNO4. The van der Waals surface area contributed by atoms with Crippen LogP contribution in [0, 0.1) is 0 Å². The van der Waals surface area contributed by atoms with Gasteiger partial charge in [0, 0.05) is 6.20 Å². The van der Waals surface area contributed by atoms with Crippen molar-refractivity contribution in [3.8, 4) is 0 Å². The van der Waals surface area contributed by atoms with Gasteiger partial charge in [-0.05, 0) is 51.2 Å². The molecule has 0 radical (unpaired) electrons. The molecule has 1 aromatic heterocycles. The zero-order chi connectivity index (χ0) is 15.1. The van der Waals surface area contributed by atoms with Crippen molar-refractivity contribution in [2.45, 2.75) is 52.2 Å². The third-order valence-corrected chi connectivity index (χ3v) is 4.16. The average Bonchev–Trinajstić information content (AvgIpc) is 2.57. The Hall–Kier alpha value is -1.40. The van der Waals surface area contributed by atoms with Crippen LogP contribution in [0.4, 0.5) is 0 Å². The minimum absolute atomic E-state index is 0.0692. The Balaban J connectivity index is 2.45. The zero-order valence-electron chi connectivity index (χ0n) is 12.6. The van der Waals surface area contributed by atoms with Crippen LogP contribution in [0.3, 0.4) is 0 Å². The number of carboxylic acid groups (broad SMARTS) is 1. The van der Waals surface area contributed by atoms with Crippen molar-refractivity contribution in [2.75, 3.05) is 0 Å². The van der Waals surface area contributed by atoms with Gasteiger partial charge in [-0.3, -0.25) is 0 Å². The molecule has 20 heavy (non-hydrogen) atoms. The van der Waals surface area contributed by atoms with Crippen LogP contribution in [0.25, 0.3) is 0 Å². The minimum atomic E-state index is -1.03. The van der Waals surface area contributed by atoms with Crippen molar-refractivity contribution in [1.82, 2.24) is 4.98 Å². The van der Waals surface area contributed by atoms with Gasteiger partial charge in [0.15, 0.2) is 5.69 Å². The van der Waals surface area contributed by atoms with Gasteiger partial charge in [-0.15, -0.1) is 0 Å². The van der Waals surface area contributed by atoms with Crippen molar-refractivity contribution in [3.63, 3.8) is 0 Å². The lowest BCUT2D eigenvalue weighted by molar-refractivity contribution is 0.00578. The summed E-state index contributed by atoms with van der Waals surface area (Å²) in [5.41, 5.74) is 0.585. The van der Waals surface area contributed by atoms with Crippen LogP contribution >= 0.6 is 0 Å². The summed E-state index contributed by atoms with van der Waals surface area (Å²) < 4.78 is 12.0. The molecule has 2 rings (SSSR count). The number of carboxylic acids is 1. The molecule has 0 amide bonds. The summed E-state index contributed by atoms with van der Waals surface area (Å²) in [5, 5.41) is 9.23. The van der Waals surface area contributed by atoms with E-state index in [9.17, 15) is 9.90 Å². The van der Waals surface area contributed by atoms with Gasteiger partial charge in [-0.1, -0.05) is 6.92 Å². The van der Waals surface area contributed by atoms with Crippen LogP contribution in [-0.2, 0) is 15.7 Å². The summed E-state index contributed by atoms with van der Waals surface area (Å²) in [6.07, 6.45) is 2.05. The van der Waals surface area contributed by atoms with Crippen molar-refractivity contribution < 1.29 is 19.2 Å². The Bertz CT molecular complexity index is 526. The van der Waals surface area contributed by atoms with Gasteiger partial charge in [0.05, 0.1) is 11.2 Å². The second kappa shape index (κ2) is 4.86. The van der Waals surface area contributed by atoms with Crippen LogP contribution < -0.4 is 5.46 Å². The molecule has 0 bridgehead atoms. The van der Waals surface area contributed by atoms with Crippen molar-refractivity contribution in [3.05, 3.63) is 23.5 Å².